The maximum atomic E-state index is 3.06. The first-order chi connectivity index (χ1) is 5.47. The van der Waals surface area contributed by atoms with Gasteiger partial charge >= 0.3 is 0 Å². The lowest BCUT2D eigenvalue weighted by molar-refractivity contribution is 1.68. The van der Waals surface area contributed by atoms with E-state index in [-0.39, 0.29) is 0 Å². The van der Waals surface area contributed by atoms with Crippen molar-refractivity contribution >= 4 is 11.3 Å². The number of benzene rings is 1. The highest BCUT2D eigenvalue weighted by molar-refractivity contribution is 7.13. The van der Waals surface area contributed by atoms with Crippen LogP contribution >= 0.6 is 11.3 Å². The smallest absolute Gasteiger partial charge is 0.0342 e. The third kappa shape index (κ3) is 1.33. The molecule has 0 fully saturated rings. The summed E-state index contributed by atoms with van der Waals surface area (Å²) in [5, 5.41) is 2.09. The van der Waals surface area contributed by atoms with Crippen molar-refractivity contribution in [3.8, 4) is 10.4 Å². The third-order valence-corrected chi connectivity index (χ3v) is 2.43. The standard InChI is InChI=1S/C10H7S/c1-2-5-9(6-3-1)10-7-4-8-11-10/h1-2,4-8H. The molecule has 0 unspecified atom stereocenters. The van der Waals surface area contributed by atoms with Crippen LogP contribution in [0.25, 0.3) is 10.4 Å². The topological polar surface area (TPSA) is 0 Å². The van der Waals surface area contributed by atoms with E-state index < -0.39 is 0 Å². The molecule has 0 spiro atoms. The van der Waals surface area contributed by atoms with E-state index in [2.05, 4.69) is 29.6 Å². The van der Waals surface area contributed by atoms with Crippen molar-refractivity contribution in [3.05, 3.63) is 47.8 Å². The van der Waals surface area contributed by atoms with Gasteiger partial charge in [0.2, 0.25) is 0 Å². The van der Waals surface area contributed by atoms with Crippen molar-refractivity contribution in [3.63, 3.8) is 0 Å². The maximum Gasteiger partial charge on any atom is 0.0342 e. The fourth-order valence-corrected chi connectivity index (χ4v) is 1.71. The van der Waals surface area contributed by atoms with E-state index in [4.69, 9.17) is 0 Å². The predicted octanol–water partition coefficient (Wildman–Crippen LogP) is 3.22. The minimum absolute atomic E-state index is 1.25. The molecule has 2 aromatic rings. The van der Waals surface area contributed by atoms with E-state index in [1.165, 1.54) is 10.4 Å². The maximum absolute atomic E-state index is 3.06. The molecule has 0 amide bonds. The Hall–Kier alpha value is -1.08. The molecular weight excluding hydrogens is 152 g/mol. The van der Waals surface area contributed by atoms with Gasteiger partial charge in [0, 0.05) is 4.88 Å². The first-order valence-electron chi connectivity index (χ1n) is 3.47. The second-order valence-corrected chi connectivity index (χ2v) is 3.22. The zero-order valence-corrected chi connectivity index (χ0v) is 6.77. The Labute approximate surface area is 70.1 Å². The second kappa shape index (κ2) is 2.89. The Morgan fingerprint density at radius 1 is 1.18 bits per heavy atom. The van der Waals surface area contributed by atoms with Crippen LogP contribution in [0.3, 0.4) is 0 Å². The number of hydrogen-bond donors (Lipinski definition) is 0. The van der Waals surface area contributed by atoms with Gasteiger partial charge in [-0.15, -0.1) is 11.3 Å². The quantitative estimate of drug-likeness (QED) is 0.599. The lowest BCUT2D eigenvalue weighted by Gasteiger charge is -1.92. The molecule has 1 aromatic heterocycles. The van der Waals surface area contributed by atoms with Gasteiger partial charge in [0.25, 0.3) is 0 Å². The van der Waals surface area contributed by atoms with Crippen LogP contribution in [0.2, 0.25) is 0 Å². The van der Waals surface area contributed by atoms with E-state index >= 15 is 0 Å². The Kier molecular flexibility index (Phi) is 1.74. The van der Waals surface area contributed by atoms with E-state index in [1.807, 2.05) is 18.2 Å². The number of hydrogen-bond acceptors (Lipinski definition) is 1. The van der Waals surface area contributed by atoms with Crippen LogP contribution in [-0.4, -0.2) is 0 Å². The largest absolute Gasteiger partial charge is 0.144 e. The van der Waals surface area contributed by atoms with Crippen LogP contribution in [0.1, 0.15) is 0 Å². The van der Waals surface area contributed by atoms with Crippen LogP contribution in [0.4, 0.5) is 0 Å². The minimum Gasteiger partial charge on any atom is -0.144 e. The highest BCUT2D eigenvalue weighted by Gasteiger charge is 1.94. The molecule has 0 atom stereocenters. The average Bonchev–Trinajstić information content (AvgIpc) is 2.58. The summed E-state index contributed by atoms with van der Waals surface area (Å²) < 4.78 is 0. The highest BCUT2D eigenvalue weighted by atomic mass is 32.1. The summed E-state index contributed by atoms with van der Waals surface area (Å²) in [6, 6.07) is 15.3. The SMILES string of the molecule is [c]1cccc(-c2cccs2)c1. The van der Waals surface area contributed by atoms with Gasteiger partial charge < -0.3 is 0 Å². The Morgan fingerprint density at radius 3 is 2.82 bits per heavy atom. The van der Waals surface area contributed by atoms with Gasteiger partial charge in [-0.1, -0.05) is 24.3 Å². The molecule has 0 aliphatic heterocycles. The number of thiophene rings is 1. The molecule has 0 nitrogen and oxygen atoms in total. The molecule has 0 aliphatic rings. The Morgan fingerprint density at radius 2 is 2.18 bits per heavy atom. The Bertz CT molecular complexity index is 308. The molecule has 0 N–H and O–H groups in total. The summed E-state index contributed by atoms with van der Waals surface area (Å²) in [6.45, 7) is 0. The van der Waals surface area contributed by atoms with Gasteiger partial charge in [-0.05, 0) is 29.1 Å². The first-order valence-corrected chi connectivity index (χ1v) is 4.35. The van der Waals surface area contributed by atoms with E-state index in [1.54, 1.807) is 11.3 Å². The van der Waals surface area contributed by atoms with Crippen LogP contribution in [0.5, 0.6) is 0 Å². The van der Waals surface area contributed by atoms with Crippen molar-refractivity contribution in [2.75, 3.05) is 0 Å². The monoisotopic (exact) mass is 159 g/mol. The van der Waals surface area contributed by atoms with Crippen LogP contribution in [-0.2, 0) is 0 Å². The van der Waals surface area contributed by atoms with Crippen LogP contribution in [0.15, 0.2) is 41.8 Å². The van der Waals surface area contributed by atoms with Crippen molar-refractivity contribution < 1.29 is 0 Å². The molecular formula is C10H7S. The molecule has 1 radical (unpaired) electrons. The fraction of sp³-hybridized carbons (Fsp3) is 0. The molecule has 11 heavy (non-hydrogen) atoms. The van der Waals surface area contributed by atoms with Gasteiger partial charge in [0.1, 0.15) is 0 Å². The fourth-order valence-electron chi connectivity index (χ4n) is 0.989. The highest BCUT2D eigenvalue weighted by Crippen LogP contribution is 2.23. The van der Waals surface area contributed by atoms with Gasteiger partial charge in [-0.3, -0.25) is 0 Å². The van der Waals surface area contributed by atoms with Crippen LogP contribution in [0, 0.1) is 6.07 Å². The normalized spacial score (nSPS) is 9.82. The molecule has 0 saturated carbocycles. The molecule has 1 heteroatoms. The Balaban J connectivity index is 2.46. The van der Waals surface area contributed by atoms with Crippen molar-refractivity contribution in [1.82, 2.24) is 0 Å². The molecule has 0 saturated heterocycles. The summed E-state index contributed by atoms with van der Waals surface area (Å²) in [5.41, 5.74) is 1.25. The lowest BCUT2D eigenvalue weighted by atomic mass is 10.2. The molecule has 1 heterocycles. The molecule has 2 rings (SSSR count). The van der Waals surface area contributed by atoms with Gasteiger partial charge in [0.05, 0.1) is 0 Å². The number of rotatable bonds is 1. The first kappa shape index (κ1) is 6.62. The zero-order valence-electron chi connectivity index (χ0n) is 5.95. The average molecular weight is 159 g/mol. The summed E-state index contributed by atoms with van der Waals surface area (Å²) in [4.78, 5) is 1.31. The third-order valence-electron chi connectivity index (χ3n) is 1.51. The molecule has 0 bridgehead atoms. The predicted molar refractivity (Wildman–Crippen MR) is 48.6 cm³/mol. The van der Waals surface area contributed by atoms with Crippen molar-refractivity contribution in [2.45, 2.75) is 0 Å². The van der Waals surface area contributed by atoms with E-state index in [0.29, 0.717) is 0 Å². The summed E-state index contributed by atoms with van der Waals surface area (Å²) in [7, 11) is 0. The molecule has 1 aromatic carbocycles. The van der Waals surface area contributed by atoms with Gasteiger partial charge in [0.15, 0.2) is 0 Å². The molecule has 0 aliphatic carbocycles. The van der Waals surface area contributed by atoms with E-state index in [9.17, 15) is 0 Å². The summed E-state index contributed by atoms with van der Waals surface area (Å²) in [5.74, 6) is 0. The van der Waals surface area contributed by atoms with Crippen molar-refractivity contribution in [1.29, 1.82) is 0 Å². The van der Waals surface area contributed by atoms with Crippen LogP contribution < -0.4 is 0 Å². The summed E-state index contributed by atoms with van der Waals surface area (Å²) in [6.07, 6.45) is 0. The lowest BCUT2D eigenvalue weighted by Crippen LogP contribution is -1.67. The minimum atomic E-state index is 1.25. The van der Waals surface area contributed by atoms with Crippen molar-refractivity contribution in [2.24, 2.45) is 0 Å². The van der Waals surface area contributed by atoms with Gasteiger partial charge in [-0.25, -0.2) is 0 Å². The molecule has 53 valence electrons. The second-order valence-electron chi connectivity index (χ2n) is 2.27. The van der Waals surface area contributed by atoms with Gasteiger partial charge in [-0.2, -0.15) is 0 Å². The van der Waals surface area contributed by atoms with E-state index in [0.717, 1.165) is 0 Å². The summed E-state index contributed by atoms with van der Waals surface area (Å²) >= 11 is 1.76. The zero-order chi connectivity index (χ0) is 7.52.